The molecule has 1 saturated carbocycles. The Morgan fingerprint density at radius 3 is 2.39 bits per heavy atom. The summed E-state index contributed by atoms with van der Waals surface area (Å²) in [5.74, 6) is 1.35. The number of hydrogen-bond donors (Lipinski definition) is 1. The van der Waals surface area contributed by atoms with E-state index in [4.69, 9.17) is 16.3 Å². The van der Waals surface area contributed by atoms with Gasteiger partial charge in [0.1, 0.15) is 5.75 Å². The SMILES string of the molecule is Cc1nn(-c2ccc(NC(=O)c3ccc(OCC4CC4)cc3)cc2)c(C)c1Cl. The first-order valence-corrected chi connectivity index (χ1v) is 9.75. The molecule has 5 nitrogen and oxygen atoms in total. The second-order valence-electron chi connectivity index (χ2n) is 7.18. The van der Waals surface area contributed by atoms with Crippen LogP contribution >= 0.6 is 11.6 Å². The Bertz CT molecular complexity index is 990. The van der Waals surface area contributed by atoms with Crippen molar-refractivity contribution in [3.63, 3.8) is 0 Å². The van der Waals surface area contributed by atoms with Crippen molar-refractivity contribution in [1.82, 2.24) is 9.78 Å². The van der Waals surface area contributed by atoms with Crippen molar-refractivity contribution in [1.29, 1.82) is 0 Å². The molecule has 1 aromatic heterocycles. The van der Waals surface area contributed by atoms with Gasteiger partial charge >= 0.3 is 0 Å². The Kier molecular flexibility index (Phi) is 5.09. The van der Waals surface area contributed by atoms with Crippen LogP contribution in [0.1, 0.15) is 34.6 Å². The molecule has 1 aliphatic carbocycles. The van der Waals surface area contributed by atoms with Crippen molar-refractivity contribution in [2.75, 3.05) is 11.9 Å². The predicted octanol–water partition coefficient (Wildman–Crippen LogP) is 5.18. The van der Waals surface area contributed by atoms with Crippen molar-refractivity contribution in [3.05, 3.63) is 70.5 Å². The van der Waals surface area contributed by atoms with Gasteiger partial charge in [0.05, 0.1) is 28.7 Å². The van der Waals surface area contributed by atoms with Crippen molar-refractivity contribution in [2.24, 2.45) is 5.92 Å². The minimum Gasteiger partial charge on any atom is -0.493 e. The molecule has 1 N–H and O–H groups in total. The smallest absolute Gasteiger partial charge is 0.255 e. The van der Waals surface area contributed by atoms with E-state index in [1.807, 2.05) is 50.2 Å². The number of benzene rings is 2. The lowest BCUT2D eigenvalue weighted by Gasteiger charge is -2.09. The summed E-state index contributed by atoms with van der Waals surface area (Å²) in [6.45, 7) is 4.57. The van der Waals surface area contributed by atoms with Gasteiger partial charge < -0.3 is 10.1 Å². The number of halogens is 1. The average Bonchev–Trinajstić information content (AvgIpc) is 3.51. The fourth-order valence-corrected chi connectivity index (χ4v) is 3.08. The summed E-state index contributed by atoms with van der Waals surface area (Å²) in [6.07, 6.45) is 2.51. The van der Waals surface area contributed by atoms with Crippen LogP contribution in [0.4, 0.5) is 5.69 Å². The zero-order valence-electron chi connectivity index (χ0n) is 15.9. The maximum absolute atomic E-state index is 12.5. The number of nitrogens with one attached hydrogen (secondary N) is 1. The van der Waals surface area contributed by atoms with Crippen LogP contribution in [0.15, 0.2) is 48.5 Å². The Labute approximate surface area is 169 Å². The minimum atomic E-state index is -0.157. The minimum absolute atomic E-state index is 0.157. The van der Waals surface area contributed by atoms with Gasteiger partial charge in [-0.25, -0.2) is 4.68 Å². The third-order valence-corrected chi connectivity index (χ3v) is 5.42. The van der Waals surface area contributed by atoms with E-state index < -0.39 is 0 Å². The number of carbonyl (C=O) groups excluding carboxylic acids is 1. The van der Waals surface area contributed by atoms with E-state index in [0.29, 0.717) is 16.5 Å². The van der Waals surface area contributed by atoms with E-state index in [1.165, 1.54) is 12.8 Å². The quantitative estimate of drug-likeness (QED) is 0.625. The molecule has 0 unspecified atom stereocenters. The largest absolute Gasteiger partial charge is 0.493 e. The number of aryl methyl sites for hydroxylation is 1. The molecule has 144 valence electrons. The van der Waals surface area contributed by atoms with Crippen LogP contribution in [0.5, 0.6) is 5.75 Å². The van der Waals surface area contributed by atoms with E-state index in [-0.39, 0.29) is 5.91 Å². The number of amides is 1. The predicted molar refractivity (Wildman–Crippen MR) is 111 cm³/mol. The number of aromatic nitrogens is 2. The van der Waals surface area contributed by atoms with Gasteiger partial charge in [-0.3, -0.25) is 4.79 Å². The molecule has 0 aliphatic heterocycles. The zero-order valence-corrected chi connectivity index (χ0v) is 16.7. The summed E-state index contributed by atoms with van der Waals surface area (Å²) in [4.78, 5) is 12.5. The maximum Gasteiger partial charge on any atom is 0.255 e. The highest BCUT2D eigenvalue weighted by Gasteiger charge is 2.21. The second-order valence-corrected chi connectivity index (χ2v) is 7.55. The molecule has 2 aromatic carbocycles. The summed E-state index contributed by atoms with van der Waals surface area (Å²) in [7, 11) is 0. The first kappa shape index (κ1) is 18.6. The molecule has 0 bridgehead atoms. The molecule has 1 heterocycles. The van der Waals surface area contributed by atoms with Crippen LogP contribution in [0.2, 0.25) is 5.02 Å². The molecule has 0 saturated heterocycles. The first-order valence-electron chi connectivity index (χ1n) is 9.37. The second kappa shape index (κ2) is 7.68. The number of anilines is 1. The maximum atomic E-state index is 12.5. The molecule has 6 heteroatoms. The van der Waals surface area contributed by atoms with Crippen molar-refractivity contribution in [3.8, 4) is 11.4 Å². The van der Waals surface area contributed by atoms with E-state index >= 15 is 0 Å². The van der Waals surface area contributed by atoms with Crippen molar-refractivity contribution >= 4 is 23.2 Å². The molecule has 4 rings (SSSR count). The van der Waals surface area contributed by atoms with Crippen molar-refractivity contribution in [2.45, 2.75) is 26.7 Å². The van der Waals surface area contributed by atoms with E-state index in [0.717, 1.165) is 35.1 Å². The Morgan fingerprint density at radius 2 is 1.82 bits per heavy atom. The molecule has 28 heavy (non-hydrogen) atoms. The van der Waals surface area contributed by atoms with Gasteiger partial charge in [-0.2, -0.15) is 5.10 Å². The molecule has 0 radical (unpaired) electrons. The highest BCUT2D eigenvalue weighted by atomic mass is 35.5. The Hall–Kier alpha value is -2.79. The van der Waals surface area contributed by atoms with Gasteiger partial charge in [-0.1, -0.05) is 11.6 Å². The lowest BCUT2D eigenvalue weighted by molar-refractivity contribution is 0.102. The Morgan fingerprint density at radius 1 is 1.14 bits per heavy atom. The van der Waals surface area contributed by atoms with E-state index in [9.17, 15) is 4.79 Å². The summed E-state index contributed by atoms with van der Waals surface area (Å²) < 4.78 is 7.50. The van der Waals surface area contributed by atoms with Crippen LogP contribution in [-0.2, 0) is 0 Å². The molecule has 0 atom stereocenters. The third-order valence-electron chi connectivity index (χ3n) is 4.87. The third kappa shape index (κ3) is 4.04. The topological polar surface area (TPSA) is 56.2 Å². The standard InChI is InChI=1S/C22H22ClN3O2/c1-14-21(23)15(2)26(25-14)19-9-7-18(8-10-19)24-22(27)17-5-11-20(12-6-17)28-13-16-3-4-16/h5-12,16H,3-4,13H2,1-2H3,(H,24,27). The first-order chi connectivity index (χ1) is 13.5. The van der Waals surface area contributed by atoms with Gasteiger partial charge in [0.25, 0.3) is 5.91 Å². The molecular formula is C22H22ClN3O2. The van der Waals surface area contributed by atoms with Gasteiger partial charge in [0.2, 0.25) is 0 Å². The summed E-state index contributed by atoms with van der Waals surface area (Å²) in [5, 5.41) is 8.02. The van der Waals surface area contributed by atoms with Crippen LogP contribution in [0.25, 0.3) is 5.69 Å². The number of carbonyl (C=O) groups is 1. The Balaban J connectivity index is 1.40. The fraction of sp³-hybridized carbons (Fsp3) is 0.273. The average molecular weight is 396 g/mol. The fourth-order valence-electron chi connectivity index (χ4n) is 2.97. The van der Waals surface area contributed by atoms with Crippen LogP contribution in [0, 0.1) is 19.8 Å². The van der Waals surface area contributed by atoms with Crippen LogP contribution in [0.3, 0.4) is 0 Å². The summed E-state index contributed by atoms with van der Waals surface area (Å²) >= 11 is 6.22. The monoisotopic (exact) mass is 395 g/mol. The van der Waals surface area contributed by atoms with Crippen LogP contribution < -0.4 is 10.1 Å². The van der Waals surface area contributed by atoms with Gasteiger partial charge in [-0.05, 0) is 81.1 Å². The van der Waals surface area contributed by atoms with Gasteiger partial charge in [0.15, 0.2) is 0 Å². The molecule has 1 amide bonds. The van der Waals surface area contributed by atoms with Crippen LogP contribution in [-0.4, -0.2) is 22.3 Å². The lowest BCUT2D eigenvalue weighted by Crippen LogP contribution is -2.12. The van der Waals surface area contributed by atoms with Crippen molar-refractivity contribution < 1.29 is 9.53 Å². The highest BCUT2D eigenvalue weighted by molar-refractivity contribution is 6.31. The molecule has 1 aliphatic rings. The summed E-state index contributed by atoms with van der Waals surface area (Å²) in [6, 6.07) is 14.8. The van der Waals surface area contributed by atoms with E-state index in [1.54, 1.807) is 16.8 Å². The number of rotatable bonds is 6. The number of ether oxygens (including phenoxy) is 1. The molecular weight excluding hydrogens is 374 g/mol. The molecule has 1 fully saturated rings. The molecule has 0 spiro atoms. The molecule has 3 aromatic rings. The van der Waals surface area contributed by atoms with Gasteiger partial charge in [-0.15, -0.1) is 0 Å². The summed E-state index contributed by atoms with van der Waals surface area (Å²) in [5.41, 5.74) is 3.88. The lowest BCUT2D eigenvalue weighted by atomic mass is 10.2. The number of nitrogens with zero attached hydrogens (tertiary/aromatic N) is 2. The van der Waals surface area contributed by atoms with E-state index in [2.05, 4.69) is 10.4 Å². The highest BCUT2D eigenvalue weighted by Crippen LogP contribution is 2.29. The normalized spacial score (nSPS) is 13.4. The zero-order chi connectivity index (χ0) is 19.7. The number of hydrogen-bond acceptors (Lipinski definition) is 3. The van der Waals surface area contributed by atoms with Gasteiger partial charge in [0, 0.05) is 11.3 Å².